The van der Waals surface area contributed by atoms with E-state index in [2.05, 4.69) is 24.2 Å². The maximum Gasteiger partial charge on any atom is 0.157 e. The van der Waals surface area contributed by atoms with Gasteiger partial charge >= 0.3 is 0 Å². The molecule has 0 aromatic heterocycles. The maximum atomic E-state index is 5.37. The summed E-state index contributed by atoms with van der Waals surface area (Å²) in [6, 6.07) is 0.533. The molecule has 0 aromatic rings. The van der Waals surface area contributed by atoms with Gasteiger partial charge in [0.2, 0.25) is 0 Å². The fourth-order valence-corrected chi connectivity index (χ4v) is 3.02. The Labute approximate surface area is 96.1 Å². The van der Waals surface area contributed by atoms with E-state index in [-0.39, 0.29) is 0 Å². The van der Waals surface area contributed by atoms with Crippen molar-refractivity contribution in [3.8, 4) is 0 Å². The van der Waals surface area contributed by atoms with E-state index >= 15 is 0 Å². The predicted molar refractivity (Wildman–Crippen MR) is 65.5 cm³/mol. The fraction of sp³-hybridized carbons (Fsp3) is 0.909. The molecule has 0 bridgehead atoms. The van der Waals surface area contributed by atoms with E-state index in [9.17, 15) is 0 Å². The Balaban J connectivity index is 1.78. The summed E-state index contributed by atoms with van der Waals surface area (Å²) in [6.45, 7) is 7.30. The number of nitrogens with zero attached hydrogens (tertiary/aromatic N) is 1. The van der Waals surface area contributed by atoms with Crippen LogP contribution in [-0.2, 0) is 4.74 Å². The number of amidine groups is 1. The van der Waals surface area contributed by atoms with Crippen LogP contribution in [0.3, 0.4) is 0 Å². The second-order valence-electron chi connectivity index (χ2n) is 4.46. The standard InChI is InChI=1S/C11H20N2OS/c1-8-7-12-11(15-8)13-9(2)10-3-5-14-6-4-10/h8-10H,3-7H2,1-2H3,(H,12,13). The molecule has 2 aliphatic rings. The SMILES string of the molecule is CC1CN=C(NC(C)C2CCOCC2)S1. The van der Waals surface area contributed by atoms with Crippen molar-refractivity contribution in [3.05, 3.63) is 0 Å². The van der Waals surface area contributed by atoms with E-state index in [1.165, 1.54) is 12.8 Å². The minimum absolute atomic E-state index is 0.533. The lowest BCUT2D eigenvalue weighted by atomic mass is 9.93. The van der Waals surface area contributed by atoms with E-state index in [0.717, 1.165) is 30.8 Å². The van der Waals surface area contributed by atoms with Gasteiger partial charge in [0.05, 0.1) is 6.54 Å². The van der Waals surface area contributed by atoms with Gasteiger partial charge in [0.15, 0.2) is 5.17 Å². The Kier molecular flexibility index (Phi) is 3.92. The van der Waals surface area contributed by atoms with E-state index in [4.69, 9.17) is 4.74 Å². The largest absolute Gasteiger partial charge is 0.381 e. The molecule has 0 aliphatic carbocycles. The number of hydrogen-bond acceptors (Lipinski definition) is 4. The molecule has 2 rings (SSSR count). The van der Waals surface area contributed by atoms with Crippen LogP contribution >= 0.6 is 11.8 Å². The maximum absolute atomic E-state index is 5.37. The molecule has 1 saturated heterocycles. The van der Waals surface area contributed by atoms with Crippen LogP contribution in [0.25, 0.3) is 0 Å². The second kappa shape index (κ2) is 5.21. The van der Waals surface area contributed by atoms with Gasteiger partial charge in [0.25, 0.3) is 0 Å². The topological polar surface area (TPSA) is 33.6 Å². The molecule has 3 nitrogen and oxygen atoms in total. The zero-order chi connectivity index (χ0) is 10.7. The third-order valence-electron chi connectivity index (χ3n) is 3.13. The first-order valence-electron chi connectivity index (χ1n) is 5.81. The third kappa shape index (κ3) is 3.11. The van der Waals surface area contributed by atoms with Gasteiger partial charge in [-0.1, -0.05) is 18.7 Å². The molecule has 1 N–H and O–H groups in total. The highest BCUT2D eigenvalue weighted by molar-refractivity contribution is 8.14. The summed E-state index contributed by atoms with van der Waals surface area (Å²) >= 11 is 1.87. The summed E-state index contributed by atoms with van der Waals surface area (Å²) in [5, 5.41) is 5.32. The van der Waals surface area contributed by atoms with Crippen LogP contribution in [0.5, 0.6) is 0 Å². The van der Waals surface area contributed by atoms with Crippen LogP contribution in [0.2, 0.25) is 0 Å². The number of hydrogen-bond donors (Lipinski definition) is 1. The fourth-order valence-electron chi connectivity index (χ4n) is 2.08. The molecule has 4 heteroatoms. The van der Waals surface area contributed by atoms with Gasteiger partial charge in [-0.25, -0.2) is 0 Å². The number of thioether (sulfide) groups is 1. The van der Waals surface area contributed by atoms with E-state index in [1.807, 2.05) is 11.8 Å². The van der Waals surface area contributed by atoms with Crippen molar-refractivity contribution in [1.82, 2.24) is 5.32 Å². The predicted octanol–water partition coefficient (Wildman–Crippen LogP) is 1.88. The molecule has 1 fully saturated rings. The van der Waals surface area contributed by atoms with Crippen LogP contribution in [0.4, 0.5) is 0 Å². The van der Waals surface area contributed by atoms with Crippen molar-refractivity contribution in [2.75, 3.05) is 19.8 Å². The van der Waals surface area contributed by atoms with E-state index in [0.29, 0.717) is 11.3 Å². The van der Waals surface area contributed by atoms with Gasteiger partial charge in [-0.3, -0.25) is 4.99 Å². The highest BCUT2D eigenvalue weighted by Crippen LogP contribution is 2.22. The van der Waals surface area contributed by atoms with Gasteiger partial charge in [-0.05, 0) is 25.7 Å². The first-order valence-corrected chi connectivity index (χ1v) is 6.69. The normalized spacial score (nSPS) is 30.0. The highest BCUT2D eigenvalue weighted by Gasteiger charge is 2.23. The number of nitrogens with one attached hydrogen (secondary N) is 1. The molecular weight excluding hydrogens is 208 g/mol. The van der Waals surface area contributed by atoms with Crippen LogP contribution in [0, 0.1) is 5.92 Å². The summed E-state index contributed by atoms with van der Waals surface area (Å²) in [7, 11) is 0. The average Bonchev–Trinajstić information content (AvgIpc) is 2.65. The zero-order valence-corrected chi connectivity index (χ0v) is 10.3. The molecule has 0 aromatic carbocycles. The van der Waals surface area contributed by atoms with Crippen molar-refractivity contribution in [3.63, 3.8) is 0 Å². The van der Waals surface area contributed by atoms with Gasteiger partial charge in [-0.15, -0.1) is 0 Å². The highest BCUT2D eigenvalue weighted by atomic mass is 32.2. The van der Waals surface area contributed by atoms with Crippen molar-refractivity contribution in [1.29, 1.82) is 0 Å². The monoisotopic (exact) mass is 228 g/mol. The lowest BCUT2D eigenvalue weighted by Gasteiger charge is -2.28. The number of rotatable bonds is 2. The molecular formula is C11H20N2OS. The molecule has 15 heavy (non-hydrogen) atoms. The van der Waals surface area contributed by atoms with Crippen LogP contribution in [-0.4, -0.2) is 36.2 Å². The van der Waals surface area contributed by atoms with Crippen LogP contribution in [0.15, 0.2) is 4.99 Å². The van der Waals surface area contributed by atoms with Crippen LogP contribution < -0.4 is 5.32 Å². The molecule has 0 radical (unpaired) electrons. The Bertz CT molecular complexity index is 239. The van der Waals surface area contributed by atoms with Crippen molar-refractivity contribution in [2.45, 2.75) is 38.0 Å². The molecule has 0 amide bonds. The number of aliphatic imine (C=N–C) groups is 1. The smallest absolute Gasteiger partial charge is 0.157 e. The quantitative estimate of drug-likeness (QED) is 0.783. The van der Waals surface area contributed by atoms with Crippen LogP contribution in [0.1, 0.15) is 26.7 Å². The minimum Gasteiger partial charge on any atom is -0.381 e. The minimum atomic E-state index is 0.533. The lowest BCUT2D eigenvalue weighted by molar-refractivity contribution is 0.0583. The zero-order valence-electron chi connectivity index (χ0n) is 9.53. The summed E-state index contributed by atoms with van der Waals surface area (Å²) in [6.07, 6.45) is 2.36. The van der Waals surface area contributed by atoms with Crippen molar-refractivity contribution < 1.29 is 4.74 Å². The average molecular weight is 228 g/mol. The first kappa shape index (κ1) is 11.3. The van der Waals surface area contributed by atoms with Gasteiger partial charge in [-0.2, -0.15) is 0 Å². The first-order chi connectivity index (χ1) is 7.25. The summed E-state index contributed by atoms with van der Waals surface area (Å²) in [5.74, 6) is 0.748. The Morgan fingerprint density at radius 1 is 1.47 bits per heavy atom. The third-order valence-corrected chi connectivity index (χ3v) is 4.15. The Hall–Kier alpha value is -0.220. The second-order valence-corrected chi connectivity index (χ2v) is 5.88. The Morgan fingerprint density at radius 3 is 2.80 bits per heavy atom. The van der Waals surface area contributed by atoms with Crippen molar-refractivity contribution in [2.24, 2.45) is 10.9 Å². The molecule has 2 unspecified atom stereocenters. The lowest BCUT2D eigenvalue weighted by Crippen LogP contribution is -2.38. The summed E-state index contributed by atoms with van der Waals surface area (Å²) in [4.78, 5) is 4.49. The molecule has 2 atom stereocenters. The number of ether oxygens (including phenoxy) is 1. The van der Waals surface area contributed by atoms with Gasteiger partial charge in [0, 0.05) is 24.5 Å². The molecule has 2 aliphatic heterocycles. The molecule has 0 saturated carbocycles. The summed E-state index contributed by atoms with van der Waals surface area (Å²) in [5.41, 5.74) is 0. The van der Waals surface area contributed by atoms with E-state index < -0.39 is 0 Å². The molecule has 86 valence electrons. The molecule has 2 heterocycles. The Morgan fingerprint density at radius 2 is 2.20 bits per heavy atom. The summed E-state index contributed by atoms with van der Waals surface area (Å²) < 4.78 is 5.37. The van der Waals surface area contributed by atoms with E-state index in [1.54, 1.807) is 0 Å². The van der Waals surface area contributed by atoms with Gasteiger partial charge < -0.3 is 10.1 Å². The van der Waals surface area contributed by atoms with Gasteiger partial charge in [0.1, 0.15) is 0 Å². The molecule has 0 spiro atoms. The van der Waals surface area contributed by atoms with Crippen molar-refractivity contribution >= 4 is 16.9 Å².